The molecule has 1 aliphatic rings. The van der Waals surface area contributed by atoms with Crippen LogP contribution >= 0.6 is 0 Å². The van der Waals surface area contributed by atoms with E-state index < -0.39 is 5.60 Å². The predicted molar refractivity (Wildman–Crippen MR) is 72.2 cm³/mol. The predicted octanol–water partition coefficient (Wildman–Crippen LogP) is 1.90. The van der Waals surface area contributed by atoms with E-state index in [0.29, 0.717) is 18.9 Å². The van der Waals surface area contributed by atoms with E-state index in [2.05, 4.69) is 6.92 Å². The standard InChI is InChI=1S/C14H29NO3/c1-5-11-6-7-14(8-11,10-15)13(2,16)9-12(17-3)18-4/h11-12,16H,5-10,15H2,1-4H3. The van der Waals surface area contributed by atoms with Crippen molar-refractivity contribution in [1.82, 2.24) is 0 Å². The highest BCUT2D eigenvalue weighted by molar-refractivity contribution is 5.02. The molecule has 0 amide bonds. The molecule has 0 bridgehead atoms. The molecule has 0 spiro atoms. The summed E-state index contributed by atoms with van der Waals surface area (Å²) in [5.41, 5.74) is 4.95. The first-order valence-electron chi connectivity index (χ1n) is 6.92. The third-order valence-electron chi connectivity index (χ3n) is 4.91. The molecule has 1 saturated carbocycles. The summed E-state index contributed by atoms with van der Waals surface area (Å²) in [6, 6.07) is 0. The maximum Gasteiger partial charge on any atom is 0.159 e. The first kappa shape index (κ1) is 15.9. The zero-order valence-corrected chi connectivity index (χ0v) is 12.2. The van der Waals surface area contributed by atoms with Gasteiger partial charge in [-0.3, -0.25) is 0 Å². The van der Waals surface area contributed by atoms with Gasteiger partial charge in [0.05, 0.1) is 5.60 Å². The monoisotopic (exact) mass is 259 g/mol. The molecule has 0 saturated heterocycles. The molecule has 18 heavy (non-hydrogen) atoms. The Labute approximate surface area is 111 Å². The van der Waals surface area contributed by atoms with Gasteiger partial charge in [-0.15, -0.1) is 0 Å². The van der Waals surface area contributed by atoms with Gasteiger partial charge in [-0.05, 0) is 32.1 Å². The van der Waals surface area contributed by atoms with Crippen molar-refractivity contribution in [2.75, 3.05) is 20.8 Å². The molecular weight excluding hydrogens is 230 g/mol. The molecule has 108 valence electrons. The lowest BCUT2D eigenvalue weighted by Crippen LogP contribution is -2.51. The van der Waals surface area contributed by atoms with E-state index in [1.807, 2.05) is 6.92 Å². The summed E-state index contributed by atoms with van der Waals surface area (Å²) in [7, 11) is 3.20. The minimum atomic E-state index is -0.845. The molecule has 0 aromatic heterocycles. The van der Waals surface area contributed by atoms with Crippen molar-refractivity contribution in [3.8, 4) is 0 Å². The average Bonchev–Trinajstić information content (AvgIpc) is 2.81. The molecule has 0 aromatic carbocycles. The van der Waals surface area contributed by atoms with Gasteiger partial charge in [0, 0.05) is 32.6 Å². The van der Waals surface area contributed by atoms with Crippen molar-refractivity contribution in [3.05, 3.63) is 0 Å². The van der Waals surface area contributed by atoms with Crippen molar-refractivity contribution in [2.45, 2.75) is 57.8 Å². The average molecular weight is 259 g/mol. The van der Waals surface area contributed by atoms with Crippen LogP contribution in [0.2, 0.25) is 0 Å². The number of rotatable bonds is 7. The van der Waals surface area contributed by atoms with Gasteiger partial charge >= 0.3 is 0 Å². The van der Waals surface area contributed by atoms with Crippen molar-refractivity contribution in [3.63, 3.8) is 0 Å². The van der Waals surface area contributed by atoms with E-state index in [0.717, 1.165) is 25.7 Å². The van der Waals surface area contributed by atoms with E-state index in [1.165, 1.54) is 0 Å². The first-order valence-corrected chi connectivity index (χ1v) is 6.92. The lowest BCUT2D eigenvalue weighted by molar-refractivity contribution is -0.169. The number of methoxy groups -OCH3 is 2. The Hall–Kier alpha value is -0.160. The van der Waals surface area contributed by atoms with E-state index in [9.17, 15) is 5.11 Å². The number of ether oxygens (including phenoxy) is 2. The maximum atomic E-state index is 10.9. The molecular formula is C14H29NO3. The Morgan fingerprint density at radius 3 is 2.44 bits per heavy atom. The van der Waals surface area contributed by atoms with Crippen molar-refractivity contribution in [2.24, 2.45) is 17.1 Å². The number of nitrogens with two attached hydrogens (primary N) is 1. The maximum absolute atomic E-state index is 10.9. The first-order chi connectivity index (χ1) is 8.44. The van der Waals surface area contributed by atoms with Crippen LogP contribution in [0, 0.1) is 11.3 Å². The fourth-order valence-electron chi connectivity index (χ4n) is 3.28. The Kier molecular flexibility index (Phi) is 5.59. The van der Waals surface area contributed by atoms with Crippen LogP contribution in [0.4, 0.5) is 0 Å². The minimum Gasteiger partial charge on any atom is -0.389 e. The van der Waals surface area contributed by atoms with Crippen LogP contribution < -0.4 is 5.73 Å². The summed E-state index contributed by atoms with van der Waals surface area (Å²) < 4.78 is 10.4. The smallest absolute Gasteiger partial charge is 0.159 e. The lowest BCUT2D eigenvalue weighted by atomic mass is 9.69. The lowest BCUT2D eigenvalue weighted by Gasteiger charge is -2.43. The van der Waals surface area contributed by atoms with Gasteiger partial charge in [0.2, 0.25) is 0 Å². The summed E-state index contributed by atoms with van der Waals surface area (Å²) in [5, 5.41) is 10.9. The zero-order valence-electron chi connectivity index (χ0n) is 12.2. The molecule has 3 atom stereocenters. The second-order valence-corrected chi connectivity index (χ2v) is 5.88. The van der Waals surface area contributed by atoms with Crippen molar-refractivity contribution in [1.29, 1.82) is 0 Å². The molecule has 1 aliphatic carbocycles. The molecule has 1 rings (SSSR count). The van der Waals surface area contributed by atoms with Crippen LogP contribution in [-0.4, -0.2) is 37.8 Å². The third-order valence-corrected chi connectivity index (χ3v) is 4.91. The fourth-order valence-corrected chi connectivity index (χ4v) is 3.28. The summed E-state index contributed by atoms with van der Waals surface area (Å²) in [5.74, 6) is 0.684. The van der Waals surface area contributed by atoms with Crippen LogP contribution in [0.25, 0.3) is 0 Å². The summed E-state index contributed by atoms with van der Waals surface area (Å²) >= 11 is 0. The van der Waals surface area contributed by atoms with Crippen LogP contribution in [-0.2, 0) is 9.47 Å². The Morgan fingerprint density at radius 2 is 2.06 bits per heavy atom. The number of aliphatic hydroxyl groups is 1. The van der Waals surface area contributed by atoms with Crippen LogP contribution in [0.15, 0.2) is 0 Å². The Bertz CT molecular complexity index is 253. The molecule has 4 heteroatoms. The summed E-state index contributed by atoms with van der Waals surface area (Å²) in [6.07, 6.45) is 4.42. The van der Waals surface area contributed by atoms with Gasteiger partial charge < -0.3 is 20.3 Å². The normalized spacial score (nSPS) is 31.8. The Balaban J connectivity index is 2.79. The molecule has 0 aliphatic heterocycles. The SMILES string of the molecule is CCC1CCC(CN)(C(C)(O)CC(OC)OC)C1. The molecule has 1 fully saturated rings. The van der Waals surface area contributed by atoms with Gasteiger partial charge in [0.15, 0.2) is 6.29 Å². The second kappa shape index (κ2) is 6.33. The fraction of sp³-hybridized carbons (Fsp3) is 1.00. The minimum absolute atomic E-state index is 0.191. The Morgan fingerprint density at radius 1 is 1.44 bits per heavy atom. The van der Waals surface area contributed by atoms with Crippen LogP contribution in [0.3, 0.4) is 0 Å². The van der Waals surface area contributed by atoms with E-state index >= 15 is 0 Å². The van der Waals surface area contributed by atoms with E-state index in [-0.39, 0.29) is 11.7 Å². The zero-order chi connectivity index (χ0) is 13.8. The quantitative estimate of drug-likeness (QED) is 0.685. The van der Waals surface area contributed by atoms with Crippen LogP contribution in [0.5, 0.6) is 0 Å². The summed E-state index contributed by atoms with van der Waals surface area (Å²) in [6.45, 7) is 4.61. The molecule has 0 aromatic rings. The molecule has 3 N–H and O–H groups in total. The molecule has 0 radical (unpaired) electrons. The second-order valence-electron chi connectivity index (χ2n) is 5.88. The van der Waals surface area contributed by atoms with Gasteiger partial charge in [-0.25, -0.2) is 0 Å². The number of hydrogen-bond donors (Lipinski definition) is 2. The highest BCUT2D eigenvalue weighted by Crippen LogP contribution is 2.50. The van der Waals surface area contributed by atoms with Crippen molar-refractivity contribution >= 4 is 0 Å². The van der Waals surface area contributed by atoms with Gasteiger partial charge in [0.1, 0.15) is 0 Å². The van der Waals surface area contributed by atoms with E-state index in [4.69, 9.17) is 15.2 Å². The van der Waals surface area contributed by atoms with Gasteiger partial charge in [0.25, 0.3) is 0 Å². The van der Waals surface area contributed by atoms with Gasteiger partial charge in [-0.1, -0.05) is 13.3 Å². The molecule has 0 heterocycles. The number of hydrogen-bond acceptors (Lipinski definition) is 4. The summed E-state index contributed by atoms with van der Waals surface area (Å²) in [4.78, 5) is 0. The highest BCUT2D eigenvalue weighted by Gasteiger charge is 2.51. The third kappa shape index (κ3) is 3.05. The van der Waals surface area contributed by atoms with Crippen LogP contribution in [0.1, 0.15) is 46.0 Å². The molecule has 3 unspecified atom stereocenters. The van der Waals surface area contributed by atoms with E-state index in [1.54, 1.807) is 14.2 Å². The van der Waals surface area contributed by atoms with Gasteiger partial charge in [-0.2, -0.15) is 0 Å². The largest absolute Gasteiger partial charge is 0.389 e. The topological polar surface area (TPSA) is 64.7 Å². The molecule has 4 nitrogen and oxygen atoms in total. The van der Waals surface area contributed by atoms with Crippen molar-refractivity contribution < 1.29 is 14.6 Å². The highest BCUT2D eigenvalue weighted by atomic mass is 16.7.